The highest BCUT2D eigenvalue weighted by molar-refractivity contribution is 6.30. The van der Waals surface area contributed by atoms with Crippen molar-refractivity contribution in [2.24, 2.45) is 0 Å². The molecule has 0 aliphatic rings. The average Bonchev–Trinajstić information content (AvgIpc) is 3.08. The zero-order valence-corrected chi connectivity index (χ0v) is 15.0. The molecule has 0 aliphatic carbocycles. The summed E-state index contributed by atoms with van der Waals surface area (Å²) in [7, 11) is 0. The molecule has 0 spiro atoms. The Hall–Kier alpha value is -2.01. The fourth-order valence-electron chi connectivity index (χ4n) is 2.65. The molecule has 1 heterocycles. The fraction of sp³-hybridized carbons (Fsp3) is 0.211. The third-order valence-electron chi connectivity index (χ3n) is 3.97. The molecule has 0 bridgehead atoms. The molecule has 0 radical (unpaired) electrons. The number of ether oxygens (including phenoxy) is 1. The van der Waals surface area contributed by atoms with E-state index in [9.17, 15) is 5.11 Å². The van der Waals surface area contributed by atoms with Crippen molar-refractivity contribution in [1.29, 1.82) is 0 Å². The van der Waals surface area contributed by atoms with Gasteiger partial charge in [-0.05, 0) is 35.9 Å². The summed E-state index contributed by atoms with van der Waals surface area (Å²) < 4.78 is 7.59. The molecule has 1 unspecified atom stereocenters. The van der Waals surface area contributed by atoms with E-state index in [0.717, 1.165) is 5.56 Å². The van der Waals surface area contributed by atoms with Crippen molar-refractivity contribution in [2.45, 2.75) is 18.6 Å². The Bertz CT molecular complexity index is 807. The van der Waals surface area contributed by atoms with E-state index in [1.807, 2.05) is 35.0 Å². The smallest absolute Gasteiger partial charge is 0.120 e. The highest BCUT2D eigenvalue weighted by atomic mass is 35.5. The van der Waals surface area contributed by atoms with Crippen molar-refractivity contribution in [1.82, 2.24) is 9.55 Å². The first-order chi connectivity index (χ1) is 12.0. The summed E-state index contributed by atoms with van der Waals surface area (Å²) >= 11 is 11.9. The minimum atomic E-state index is -1.11. The molecule has 1 N–H and O–H groups in total. The summed E-state index contributed by atoms with van der Waals surface area (Å²) in [5, 5.41) is 12.5. The van der Waals surface area contributed by atoms with Crippen molar-refractivity contribution < 1.29 is 9.84 Å². The summed E-state index contributed by atoms with van der Waals surface area (Å²) in [5.41, 5.74) is -0.329. The molecule has 0 aliphatic heterocycles. The Kier molecular flexibility index (Phi) is 5.63. The second-order valence-corrected chi connectivity index (χ2v) is 6.70. The average molecular weight is 377 g/mol. The molecule has 1 aromatic heterocycles. The lowest BCUT2D eigenvalue weighted by atomic mass is 9.90. The standard InChI is InChI=1S/C19H18Cl2N2O2/c20-16-6-4-15(5-7-16)19(24,13-23-10-9-22-14-23)8-11-25-18-3-1-2-17(21)12-18/h1-7,9-10,12,14,24H,8,11,13H2. The topological polar surface area (TPSA) is 47.3 Å². The Morgan fingerprint density at radius 2 is 1.88 bits per heavy atom. The van der Waals surface area contributed by atoms with Crippen molar-refractivity contribution in [3.63, 3.8) is 0 Å². The van der Waals surface area contributed by atoms with Gasteiger partial charge in [-0.1, -0.05) is 41.4 Å². The van der Waals surface area contributed by atoms with Crippen LogP contribution in [-0.2, 0) is 12.1 Å². The van der Waals surface area contributed by atoms with Crippen molar-refractivity contribution in [3.8, 4) is 5.75 Å². The zero-order valence-electron chi connectivity index (χ0n) is 13.5. The lowest BCUT2D eigenvalue weighted by Crippen LogP contribution is -2.33. The maximum atomic E-state index is 11.3. The number of imidazole rings is 1. The van der Waals surface area contributed by atoms with Crippen LogP contribution in [0, 0.1) is 0 Å². The Morgan fingerprint density at radius 3 is 2.56 bits per heavy atom. The van der Waals surface area contributed by atoms with Gasteiger partial charge in [-0.3, -0.25) is 0 Å². The van der Waals surface area contributed by atoms with E-state index >= 15 is 0 Å². The minimum absolute atomic E-state index is 0.341. The van der Waals surface area contributed by atoms with Crippen LogP contribution in [0.4, 0.5) is 0 Å². The van der Waals surface area contributed by atoms with E-state index in [-0.39, 0.29) is 0 Å². The van der Waals surface area contributed by atoms with Crippen LogP contribution in [0.3, 0.4) is 0 Å². The van der Waals surface area contributed by atoms with Crippen LogP contribution in [0.15, 0.2) is 67.3 Å². The lowest BCUT2D eigenvalue weighted by molar-refractivity contribution is -0.00184. The first kappa shape index (κ1) is 17.8. The zero-order chi connectivity index (χ0) is 17.7. The number of hydrogen-bond acceptors (Lipinski definition) is 3. The van der Waals surface area contributed by atoms with Crippen molar-refractivity contribution in [3.05, 3.63) is 82.9 Å². The molecule has 0 fully saturated rings. The molecule has 6 heteroatoms. The van der Waals surface area contributed by atoms with Gasteiger partial charge in [-0.15, -0.1) is 0 Å². The van der Waals surface area contributed by atoms with Gasteiger partial charge in [0, 0.05) is 28.9 Å². The Balaban J connectivity index is 1.75. The van der Waals surface area contributed by atoms with E-state index in [4.69, 9.17) is 27.9 Å². The van der Waals surface area contributed by atoms with Gasteiger partial charge in [-0.2, -0.15) is 0 Å². The van der Waals surface area contributed by atoms with Crippen molar-refractivity contribution >= 4 is 23.2 Å². The largest absolute Gasteiger partial charge is 0.493 e. The van der Waals surface area contributed by atoms with Gasteiger partial charge in [0.1, 0.15) is 11.4 Å². The molecule has 4 nitrogen and oxygen atoms in total. The van der Waals surface area contributed by atoms with Gasteiger partial charge in [0.2, 0.25) is 0 Å². The monoisotopic (exact) mass is 376 g/mol. The summed E-state index contributed by atoms with van der Waals surface area (Å²) in [6.07, 6.45) is 5.58. The third-order valence-corrected chi connectivity index (χ3v) is 4.45. The van der Waals surface area contributed by atoms with Crippen LogP contribution >= 0.6 is 23.2 Å². The number of nitrogens with zero attached hydrogens (tertiary/aromatic N) is 2. The molecule has 1 atom stereocenters. The molecule has 3 rings (SSSR count). The van der Waals surface area contributed by atoms with Crippen LogP contribution in [0.1, 0.15) is 12.0 Å². The van der Waals surface area contributed by atoms with Gasteiger partial charge < -0.3 is 14.4 Å². The molecule has 0 amide bonds. The summed E-state index contributed by atoms with van der Waals surface area (Å²) in [4.78, 5) is 4.04. The highest BCUT2D eigenvalue weighted by Crippen LogP contribution is 2.29. The minimum Gasteiger partial charge on any atom is -0.493 e. The second kappa shape index (κ2) is 7.91. The molecule has 0 saturated carbocycles. The van der Waals surface area contributed by atoms with Gasteiger partial charge in [0.25, 0.3) is 0 Å². The number of aliphatic hydroxyl groups is 1. The lowest BCUT2D eigenvalue weighted by Gasteiger charge is -2.29. The number of aromatic nitrogens is 2. The normalized spacial score (nSPS) is 13.4. The fourth-order valence-corrected chi connectivity index (χ4v) is 2.96. The molecule has 25 heavy (non-hydrogen) atoms. The Labute approximate surface area is 156 Å². The van der Waals surface area contributed by atoms with Gasteiger partial charge in [-0.25, -0.2) is 4.98 Å². The third kappa shape index (κ3) is 4.75. The van der Waals surface area contributed by atoms with Crippen LogP contribution in [0.25, 0.3) is 0 Å². The van der Waals surface area contributed by atoms with Gasteiger partial charge in [0.15, 0.2) is 0 Å². The van der Waals surface area contributed by atoms with E-state index in [1.165, 1.54) is 0 Å². The SMILES string of the molecule is OC(CCOc1cccc(Cl)c1)(Cn1ccnc1)c1ccc(Cl)cc1. The molecular weight excluding hydrogens is 359 g/mol. The molecule has 0 saturated heterocycles. The van der Waals surface area contributed by atoms with Gasteiger partial charge in [0.05, 0.1) is 19.5 Å². The second-order valence-electron chi connectivity index (χ2n) is 5.83. The molecule has 2 aromatic carbocycles. The van der Waals surface area contributed by atoms with Crippen LogP contribution in [-0.4, -0.2) is 21.3 Å². The highest BCUT2D eigenvalue weighted by Gasteiger charge is 2.30. The number of hydrogen-bond donors (Lipinski definition) is 1. The Morgan fingerprint density at radius 1 is 1.08 bits per heavy atom. The van der Waals surface area contributed by atoms with Crippen LogP contribution in [0.5, 0.6) is 5.75 Å². The first-order valence-corrected chi connectivity index (χ1v) is 8.63. The molecule has 3 aromatic rings. The predicted molar refractivity (Wildman–Crippen MR) is 99.1 cm³/mol. The van der Waals surface area contributed by atoms with E-state index < -0.39 is 5.60 Å². The van der Waals surface area contributed by atoms with Crippen molar-refractivity contribution in [2.75, 3.05) is 6.61 Å². The number of halogens is 2. The quantitative estimate of drug-likeness (QED) is 0.657. The predicted octanol–water partition coefficient (Wildman–Crippen LogP) is 4.55. The summed E-state index contributed by atoms with van der Waals surface area (Å²) in [5.74, 6) is 0.675. The van der Waals surface area contributed by atoms with E-state index in [2.05, 4.69) is 4.98 Å². The maximum absolute atomic E-state index is 11.3. The number of benzene rings is 2. The van der Waals surface area contributed by atoms with E-state index in [1.54, 1.807) is 36.8 Å². The maximum Gasteiger partial charge on any atom is 0.120 e. The summed E-state index contributed by atoms with van der Waals surface area (Å²) in [6, 6.07) is 14.4. The van der Waals surface area contributed by atoms with Crippen LogP contribution in [0.2, 0.25) is 10.0 Å². The first-order valence-electron chi connectivity index (χ1n) is 7.88. The van der Waals surface area contributed by atoms with Crippen LogP contribution < -0.4 is 4.74 Å². The molecular formula is C19H18Cl2N2O2. The summed E-state index contributed by atoms with van der Waals surface area (Å²) in [6.45, 7) is 0.710. The van der Waals surface area contributed by atoms with E-state index in [0.29, 0.717) is 35.4 Å². The number of rotatable bonds is 7. The van der Waals surface area contributed by atoms with Gasteiger partial charge >= 0.3 is 0 Å². The molecule has 130 valence electrons.